The van der Waals surface area contributed by atoms with Crippen LogP contribution in [0.4, 0.5) is 0 Å². The zero-order valence-electron chi connectivity index (χ0n) is 13.9. The summed E-state index contributed by atoms with van der Waals surface area (Å²) in [5.41, 5.74) is 0.564. The Kier molecular flexibility index (Phi) is 5.11. The molecule has 2 aliphatic rings. The van der Waals surface area contributed by atoms with Crippen molar-refractivity contribution in [3.8, 4) is 0 Å². The Labute approximate surface area is 141 Å². The standard InChI is InChI=1S/C17H23N3O4/c1-2-8-18-15(21)13-4-3-5-14(19-13)16(22)20-9-6-17(7-10-20)23-11-12-24-17/h3-5H,2,6-12H2,1H3,(H,18,21). The molecule has 0 bridgehead atoms. The lowest BCUT2D eigenvalue weighted by atomic mass is 10.0. The Bertz CT molecular complexity index is 604. The minimum Gasteiger partial charge on any atom is -0.351 e. The van der Waals surface area contributed by atoms with Gasteiger partial charge in [0, 0.05) is 32.5 Å². The molecule has 2 fully saturated rings. The minimum absolute atomic E-state index is 0.159. The SMILES string of the molecule is CCCNC(=O)c1cccc(C(=O)N2CCC3(CC2)OCCO3)n1. The largest absolute Gasteiger partial charge is 0.351 e. The van der Waals surface area contributed by atoms with Gasteiger partial charge in [-0.3, -0.25) is 9.59 Å². The molecule has 0 aliphatic carbocycles. The second kappa shape index (κ2) is 7.27. The summed E-state index contributed by atoms with van der Waals surface area (Å²) in [7, 11) is 0. The van der Waals surface area contributed by atoms with Crippen molar-refractivity contribution in [2.75, 3.05) is 32.8 Å². The Morgan fingerprint density at radius 1 is 1.21 bits per heavy atom. The Balaban J connectivity index is 1.64. The van der Waals surface area contributed by atoms with Crippen LogP contribution in [-0.2, 0) is 9.47 Å². The van der Waals surface area contributed by atoms with Gasteiger partial charge in [-0.2, -0.15) is 0 Å². The molecule has 2 aliphatic heterocycles. The number of hydrogen-bond donors (Lipinski definition) is 1. The third-order valence-corrected chi connectivity index (χ3v) is 4.36. The van der Waals surface area contributed by atoms with Gasteiger partial charge in [0.15, 0.2) is 5.79 Å². The number of aromatic nitrogens is 1. The third kappa shape index (κ3) is 3.57. The molecule has 2 saturated heterocycles. The number of piperidine rings is 1. The van der Waals surface area contributed by atoms with Gasteiger partial charge in [-0.1, -0.05) is 13.0 Å². The first-order chi connectivity index (χ1) is 11.6. The van der Waals surface area contributed by atoms with Crippen LogP contribution < -0.4 is 5.32 Å². The van der Waals surface area contributed by atoms with Gasteiger partial charge in [-0.05, 0) is 18.6 Å². The van der Waals surface area contributed by atoms with Crippen LogP contribution in [0.25, 0.3) is 0 Å². The summed E-state index contributed by atoms with van der Waals surface area (Å²) in [5, 5.41) is 2.77. The number of hydrogen-bond acceptors (Lipinski definition) is 5. The van der Waals surface area contributed by atoms with Crippen molar-refractivity contribution in [1.82, 2.24) is 15.2 Å². The Hall–Kier alpha value is -1.99. The van der Waals surface area contributed by atoms with Crippen LogP contribution in [0.2, 0.25) is 0 Å². The Morgan fingerprint density at radius 2 is 1.88 bits per heavy atom. The molecule has 3 heterocycles. The second-order valence-corrected chi connectivity index (χ2v) is 6.06. The van der Waals surface area contributed by atoms with Crippen LogP contribution >= 0.6 is 0 Å². The Morgan fingerprint density at radius 3 is 2.54 bits per heavy atom. The molecule has 24 heavy (non-hydrogen) atoms. The first kappa shape index (κ1) is 16.9. The second-order valence-electron chi connectivity index (χ2n) is 6.06. The van der Waals surface area contributed by atoms with E-state index in [1.54, 1.807) is 23.1 Å². The molecule has 0 atom stereocenters. The van der Waals surface area contributed by atoms with E-state index in [4.69, 9.17) is 9.47 Å². The summed E-state index contributed by atoms with van der Waals surface area (Å²) < 4.78 is 11.3. The zero-order valence-corrected chi connectivity index (χ0v) is 13.9. The maximum atomic E-state index is 12.6. The number of nitrogens with zero attached hydrogens (tertiary/aromatic N) is 2. The van der Waals surface area contributed by atoms with Gasteiger partial charge in [0.2, 0.25) is 0 Å². The molecule has 130 valence electrons. The van der Waals surface area contributed by atoms with E-state index in [9.17, 15) is 9.59 Å². The molecule has 2 amide bonds. The van der Waals surface area contributed by atoms with Crippen molar-refractivity contribution in [2.24, 2.45) is 0 Å². The van der Waals surface area contributed by atoms with E-state index in [-0.39, 0.29) is 17.5 Å². The van der Waals surface area contributed by atoms with Crippen LogP contribution in [0.1, 0.15) is 47.2 Å². The summed E-state index contributed by atoms with van der Waals surface area (Å²) in [4.78, 5) is 30.6. The first-order valence-corrected chi connectivity index (χ1v) is 8.46. The highest BCUT2D eigenvalue weighted by molar-refractivity contribution is 5.96. The number of carbonyl (C=O) groups is 2. The number of nitrogens with one attached hydrogen (secondary N) is 1. The molecule has 1 aromatic rings. The highest BCUT2D eigenvalue weighted by Crippen LogP contribution is 2.31. The molecule has 3 rings (SSSR count). The molecule has 1 aromatic heterocycles. The first-order valence-electron chi connectivity index (χ1n) is 8.46. The van der Waals surface area contributed by atoms with Gasteiger partial charge in [0.05, 0.1) is 13.2 Å². The van der Waals surface area contributed by atoms with Crippen LogP contribution in [0.3, 0.4) is 0 Å². The molecule has 1 spiro atoms. The highest BCUT2D eigenvalue weighted by Gasteiger charge is 2.41. The summed E-state index contributed by atoms with van der Waals surface area (Å²) in [6.07, 6.45) is 2.18. The average molecular weight is 333 g/mol. The number of rotatable bonds is 4. The molecule has 7 nitrogen and oxygen atoms in total. The van der Waals surface area contributed by atoms with Crippen molar-refractivity contribution >= 4 is 11.8 Å². The molecule has 0 saturated carbocycles. The lowest BCUT2D eigenvalue weighted by Gasteiger charge is -2.37. The topological polar surface area (TPSA) is 80.8 Å². The minimum atomic E-state index is -0.508. The number of carbonyl (C=O) groups excluding carboxylic acids is 2. The fourth-order valence-corrected chi connectivity index (χ4v) is 3.01. The van der Waals surface area contributed by atoms with E-state index in [1.165, 1.54) is 0 Å². The van der Waals surface area contributed by atoms with Gasteiger partial charge >= 0.3 is 0 Å². The molecular formula is C17H23N3O4. The van der Waals surface area contributed by atoms with Gasteiger partial charge in [0.1, 0.15) is 11.4 Å². The lowest BCUT2D eigenvalue weighted by molar-refractivity contribution is -0.181. The fourth-order valence-electron chi connectivity index (χ4n) is 3.01. The van der Waals surface area contributed by atoms with Gasteiger partial charge in [-0.15, -0.1) is 0 Å². The summed E-state index contributed by atoms with van der Waals surface area (Å²) in [5.74, 6) is -0.920. The predicted molar refractivity (Wildman–Crippen MR) is 86.6 cm³/mol. The van der Waals surface area contributed by atoms with Crippen LogP contribution in [0.15, 0.2) is 18.2 Å². The van der Waals surface area contributed by atoms with E-state index in [0.29, 0.717) is 51.4 Å². The lowest BCUT2D eigenvalue weighted by Crippen LogP contribution is -2.47. The van der Waals surface area contributed by atoms with Crippen LogP contribution in [0.5, 0.6) is 0 Å². The summed E-state index contributed by atoms with van der Waals surface area (Å²) >= 11 is 0. The van der Waals surface area contributed by atoms with Gasteiger partial charge < -0.3 is 19.7 Å². The monoisotopic (exact) mass is 333 g/mol. The van der Waals surface area contributed by atoms with E-state index in [0.717, 1.165) is 6.42 Å². The smallest absolute Gasteiger partial charge is 0.272 e. The quantitative estimate of drug-likeness (QED) is 0.895. The normalized spacial score (nSPS) is 19.5. The molecule has 0 unspecified atom stereocenters. The van der Waals surface area contributed by atoms with E-state index in [2.05, 4.69) is 10.3 Å². The van der Waals surface area contributed by atoms with Gasteiger partial charge in [-0.25, -0.2) is 4.98 Å². The molecule has 0 radical (unpaired) electrons. The third-order valence-electron chi connectivity index (χ3n) is 4.36. The van der Waals surface area contributed by atoms with Gasteiger partial charge in [0.25, 0.3) is 11.8 Å². The molecule has 1 N–H and O–H groups in total. The maximum Gasteiger partial charge on any atom is 0.272 e. The number of ether oxygens (including phenoxy) is 2. The highest BCUT2D eigenvalue weighted by atomic mass is 16.7. The molecule has 7 heteroatoms. The number of amides is 2. The zero-order chi connectivity index (χ0) is 17.0. The average Bonchev–Trinajstić information content (AvgIpc) is 3.08. The van der Waals surface area contributed by atoms with Crippen molar-refractivity contribution < 1.29 is 19.1 Å². The van der Waals surface area contributed by atoms with Crippen molar-refractivity contribution in [2.45, 2.75) is 32.0 Å². The van der Waals surface area contributed by atoms with Crippen molar-refractivity contribution in [1.29, 1.82) is 0 Å². The van der Waals surface area contributed by atoms with E-state index >= 15 is 0 Å². The van der Waals surface area contributed by atoms with Crippen LogP contribution in [0, 0.1) is 0 Å². The van der Waals surface area contributed by atoms with Crippen molar-refractivity contribution in [3.63, 3.8) is 0 Å². The predicted octanol–water partition coefficient (Wildman–Crippen LogP) is 1.20. The number of pyridine rings is 1. The molecule has 0 aromatic carbocycles. The summed E-state index contributed by atoms with van der Waals surface area (Å²) in [6, 6.07) is 4.95. The van der Waals surface area contributed by atoms with E-state index in [1.807, 2.05) is 6.92 Å². The van der Waals surface area contributed by atoms with Crippen LogP contribution in [-0.4, -0.2) is 60.3 Å². The fraction of sp³-hybridized carbons (Fsp3) is 0.588. The maximum absolute atomic E-state index is 12.6. The summed E-state index contributed by atoms with van der Waals surface area (Å²) in [6.45, 7) is 4.93. The molecular weight excluding hydrogens is 310 g/mol. The van der Waals surface area contributed by atoms with E-state index < -0.39 is 5.79 Å². The number of likely N-dealkylation sites (tertiary alicyclic amines) is 1. The van der Waals surface area contributed by atoms with Crippen molar-refractivity contribution in [3.05, 3.63) is 29.6 Å².